The zero-order valence-electron chi connectivity index (χ0n) is 15.5. The first-order valence-corrected chi connectivity index (χ1v) is 9.33. The molecule has 0 aliphatic heterocycles. The number of carbonyl (C=O) groups excluding carboxylic acids is 2. The normalized spacial score (nSPS) is 11.6. The molecule has 27 heavy (non-hydrogen) atoms. The summed E-state index contributed by atoms with van der Waals surface area (Å²) >= 11 is 12.1. The Hall–Kier alpha value is -2.24. The van der Waals surface area contributed by atoms with Crippen LogP contribution < -0.4 is 10.1 Å². The van der Waals surface area contributed by atoms with E-state index in [0.717, 1.165) is 5.56 Å². The summed E-state index contributed by atoms with van der Waals surface area (Å²) in [5, 5.41) is 3.32. The van der Waals surface area contributed by atoms with Crippen LogP contribution in [0.15, 0.2) is 42.5 Å². The van der Waals surface area contributed by atoms with Crippen molar-refractivity contribution < 1.29 is 14.3 Å². The number of hydrogen-bond acceptors (Lipinski definition) is 3. The van der Waals surface area contributed by atoms with E-state index in [2.05, 4.69) is 5.32 Å². The van der Waals surface area contributed by atoms with Gasteiger partial charge in [-0.2, -0.15) is 0 Å². The van der Waals surface area contributed by atoms with Crippen LogP contribution in [-0.4, -0.2) is 35.9 Å². The Kier molecular flexibility index (Phi) is 7.51. The lowest BCUT2D eigenvalue weighted by Gasteiger charge is -2.24. The fraction of sp³-hybridized carbons (Fsp3) is 0.300. The molecule has 1 atom stereocenters. The van der Waals surface area contributed by atoms with Crippen molar-refractivity contribution in [3.05, 3.63) is 58.1 Å². The number of likely N-dealkylation sites (N-methyl/N-ethyl adjacent to an activating group) is 1. The topological polar surface area (TPSA) is 58.6 Å². The molecule has 0 saturated heterocycles. The zero-order chi connectivity index (χ0) is 20.0. The molecule has 2 amide bonds. The highest BCUT2D eigenvalue weighted by Crippen LogP contribution is 2.29. The van der Waals surface area contributed by atoms with Crippen molar-refractivity contribution in [1.82, 2.24) is 4.90 Å². The minimum absolute atomic E-state index is 0.127. The Balaban J connectivity index is 1.99. The second kappa shape index (κ2) is 9.62. The molecule has 5 nitrogen and oxygen atoms in total. The molecule has 2 aromatic rings. The number of ether oxygens (including phenoxy) is 1. The average molecular weight is 409 g/mol. The molecular formula is C20H22Cl2N2O3. The van der Waals surface area contributed by atoms with Gasteiger partial charge < -0.3 is 15.0 Å². The summed E-state index contributed by atoms with van der Waals surface area (Å²) in [5.41, 5.74) is 1.43. The summed E-state index contributed by atoms with van der Waals surface area (Å²) in [6, 6.07) is 12.4. The Labute approximate surface area is 169 Å². The standard InChI is InChI=1S/C20H22Cl2N2O3/c1-4-24(12-18(25)23-19-16(21)6-5-7-17(19)22)20(26)14(3)27-15-10-8-13(2)9-11-15/h5-11,14H,4,12H2,1-3H3,(H,23,25)/t14-/m0/s1. The number of rotatable bonds is 7. The molecule has 1 N–H and O–H groups in total. The van der Waals surface area contributed by atoms with Crippen LogP contribution in [0.3, 0.4) is 0 Å². The first-order valence-electron chi connectivity index (χ1n) is 8.57. The fourth-order valence-corrected chi connectivity index (χ4v) is 2.94. The van der Waals surface area contributed by atoms with Gasteiger partial charge in [-0.25, -0.2) is 0 Å². The molecule has 0 unspecified atom stereocenters. The Morgan fingerprint density at radius 3 is 2.26 bits per heavy atom. The lowest BCUT2D eigenvalue weighted by Crippen LogP contribution is -2.44. The maximum Gasteiger partial charge on any atom is 0.263 e. The van der Waals surface area contributed by atoms with Gasteiger partial charge in [0.2, 0.25) is 5.91 Å². The van der Waals surface area contributed by atoms with Crippen LogP contribution in [-0.2, 0) is 9.59 Å². The Morgan fingerprint density at radius 2 is 1.70 bits per heavy atom. The number of aryl methyl sites for hydroxylation is 1. The van der Waals surface area contributed by atoms with Gasteiger partial charge >= 0.3 is 0 Å². The third kappa shape index (κ3) is 5.88. The summed E-state index contributed by atoms with van der Waals surface area (Å²) in [6.45, 7) is 5.67. The summed E-state index contributed by atoms with van der Waals surface area (Å²) in [7, 11) is 0. The van der Waals surface area contributed by atoms with Crippen LogP contribution in [0.2, 0.25) is 10.0 Å². The monoisotopic (exact) mass is 408 g/mol. The van der Waals surface area contributed by atoms with Crippen LogP contribution in [0, 0.1) is 6.92 Å². The van der Waals surface area contributed by atoms with E-state index in [0.29, 0.717) is 28.0 Å². The van der Waals surface area contributed by atoms with Gasteiger partial charge in [0, 0.05) is 6.54 Å². The lowest BCUT2D eigenvalue weighted by atomic mass is 10.2. The number of anilines is 1. The summed E-state index contributed by atoms with van der Waals surface area (Å²) in [5.74, 6) is -0.0639. The third-order valence-electron chi connectivity index (χ3n) is 3.94. The summed E-state index contributed by atoms with van der Waals surface area (Å²) < 4.78 is 5.69. The quantitative estimate of drug-likeness (QED) is 0.730. The van der Waals surface area contributed by atoms with Gasteiger partial charge in [-0.15, -0.1) is 0 Å². The minimum atomic E-state index is -0.718. The molecule has 2 aromatic carbocycles. The summed E-state index contributed by atoms with van der Waals surface area (Å²) in [6.07, 6.45) is -0.718. The zero-order valence-corrected chi connectivity index (χ0v) is 17.0. The van der Waals surface area contributed by atoms with Crippen molar-refractivity contribution in [3.63, 3.8) is 0 Å². The smallest absolute Gasteiger partial charge is 0.263 e. The number of nitrogens with one attached hydrogen (secondary N) is 1. The number of para-hydroxylation sites is 1. The van der Waals surface area contributed by atoms with Gasteiger partial charge in [-0.1, -0.05) is 47.0 Å². The molecule has 0 fully saturated rings. The fourth-order valence-electron chi connectivity index (χ4n) is 2.44. The minimum Gasteiger partial charge on any atom is -0.481 e. The molecule has 0 spiro atoms. The maximum absolute atomic E-state index is 12.6. The number of nitrogens with zero attached hydrogens (tertiary/aromatic N) is 1. The third-order valence-corrected chi connectivity index (χ3v) is 4.57. The largest absolute Gasteiger partial charge is 0.481 e. The maximum atomic E-state index is 12.6. The van der Waals surface area contributed by atoms with Gasteiger partial charge in [0.15, 0.2) is 6.10 Å². The molecule has 0 heterocycles. The van der Waals surface area contributed by atoms with E-state index >= 15 is 0 Å². The second-order valence-electron chi connectivity index (χ2n) is 6.07. The van der Waals surface area contributed by atoms with Gasteiger partial charge in [-0.05, 0) is 45.0 Å². The molecule has 0 bridgehead atoms. The first-order chi connectivity index (χ1) is 12.8. The van der Waals surface area contributed by atoms with Crippen molar-refractivity contribution in [2.75, 3.05) is 18.4 Å². The predicted octanol–water partition coefficient (Wildman–Crippen LogP) is 4.56. The van der Waals surface area contributed by atoms with Crippen molar-refractivity contribution in [2.24, 2.45) is 0 Å². The number of carbonyl (C=O) groups is 2. The molecule has 2 rings (SSSR count). The average Bonchev–Trinajstić information content (AvgIpc) is 2.64. The predicted molar refractivity (Wildman–Crippen MR) is 109 cm³/mol. The molecule has 144 valence electrons. The molecule has 7 heteroatoms. The Bertz CT molecular complexity index is 789. The highest BCUT2D eigenvalue weighted by atomic mass is 35.5. The lowest BCUT2D eigenvalue weighted by molar-refractivity contribution is -0.140. The number of halogens is 2. The molecule has 0 aliphatic carbocycles. The number of benzene rings is 2. The van der Waals surface area contributed by atoms with Crippen molar-refractivity contribution >= 4 is 40.7 Å². The van der Waals surface area contributed by atoms with Crippen molar-refractivity contribution in [1.29, 1.82) is 0 Å². The SMILES string of the molecule is CCN(CC(=O)Nc1c(Cl)cccc1Cl)C(=O)[C@H](C)Oc1ccc(C)cc1. The second-order valence-corrected chi connectivity index (χ2v) is 6.88. The first kappa shape index (κ1) is 21.1. The highest BCUT2D eigenvalue weighted by Gasteiger charge is 2.23. The number of amides is 2. The van der Waals surface area contributed by atoms with Gasteiger partial charge in [-0.3, -0.25) is 9.59 Å². The highest BCUT2D eigenvalue weighted by molar-refractivity contribution is 6.39. The van der Waals surface area contributed by atoms with Crippen LogP contribution >= 0.6 is 23.2 Å². The molecular weight excluding hydrogens is 387 g/mol. The van der Waals surface area contributed by atoms with Gasteiger partial charge in [0.25, 0.3) is 5.91 Å². The van der Waals surface area contributed by atoms with Crippen LogP contribution in [0.4, 0.5) is 5.69 Å². The number of hydrogen-bond donors (Lipinski definition) is 1. The van der Waals surface area contributed by atoms with E-state index in [4.69, 9.17) is 27.9 Å². The van der Waals surface area contributed by atoms with Crippen molar-refractivity contribution in [2.45, 2.75) is 26.9 Å². The van der Waals surface area contributed by atoms with Gasteiger partial charge in [0.05, 0.1) is 22.3 Å². The molecule has 0 aliphatic rings. The van der Waals surface area contributed by atoms with E-state index in [9.17, 15) is 9.59 Å². The Morgan fingerprint density at radius 1 is 1.11 bits per heavy atom. The van der Waals surface area contributed by atoms with E-state index in [1.807, 2.05) is 31.2 Å². The van der Waals surface area contributed by atoms with Crippen LogP contribution in [0.1, 0.15) is 19.4 Å². The molecule has 0 aromatic heterocycles. The molecule has 0 saturated carbocycles. The summed E-state index contributed by atoms with van der Waals surface area (Å²) in [4.78, 5) is 26.4. The van der Waals surface area contributed by atoms with Crippen molar-refractivity contribution in [3.8, 4) is 5.75 Å². The van der Waals surface area contributed by atoms with E-state index in [1.54, 1.807) is 32.0 Å². The van der Waals surface area contributed by atoms with Gasteiger partial charge in [0.1, 0.15) is 5.75 Å². The molecule has 0 radical (unpaired) electrons. The van der Waals surface area contributed by atoms with E-state index in [-0.39, 0.29) is 18.4 Å². The van der Waals surface area contributed by atoms with E-state index in [1.165, 1.54) is 4.90 Å². The van der Waals surface area contributed by atoms with E-state index < -0.39 is 6.10 Å². The van der Waals surface area contributed by atoms with Crippen LogP contribution in [0.25, 0.3) is 0 Å². The van der Waals surface area contributed by atoms with Crippen LogP contribution in [0.5, 0.6) is 5.75 Å².